The molecule has 0 aliphatic carbocycles. The molecule has 0 saturated carbocycles. The van der Waals surface area contributed by atoms with Crippen molar-refractivity contribution in [2.24, 2.45) is 0 Å². The van der Waals surface area contributed by atoms with Crippen LogP contribution in [-0.2, 0) is 0 Å². The van der Waals surface area contributed by atoms with Gasteiger partial charge < -0.3 is 14.9 Å². The zero-order chi connectivity index (χ0) is 24.0. The van der Waals surface area contributed by atoms with Crippen LogP contribution in [0.4, 0.5) is 15.8 Å². The average molecular weight is 444 g/mol. The number of hydrogen-bond donors (Lipinski definition) is 1. The fraction of sp³-hybridized carbons (Fsp3) is 0.250. The summed E-state index contributed by atoms with van der Waals surface area (Å²) in [5, 5.41) is 18.6. The molecule has 0 bridgehead atoms. The second-order valence-corrected chi connectivity index (χ2v) is 8.20. The van der Waals surface area contributed by atoms with Gasteiger partial charge in [0.05, 0.1) is 11.8 Å². The molecule has 0 unspecified atom stereocenters. The number of allylic oxidation sites excluding steroid dienone is 4. The van der Waals surface area contributed by atoms with Gasteiger partial charge in [-0.2, -0.15) is 5.26 Å². The Hall–Kier alpha value is -3.78. The molecular weight excluding hydrogens is 413 g/mol. The van der Waals surface area contributed by atoms with E-state index < -0.39 is 5.82 Å². The van der Waals surface area contributed by atoms with Gasteiger partial charge in [0.25, 0.3) is 0 Å². The van der Waals surface area contributed by atoms with E-state index >= 15 is 0 Å². The van der Waals surface area contributed by atoms with E-state index in [2.05, 4.69) is 35.7 Å². The van der Waals surface area contributed by atoms with Crippen LogP contribution >= 0.6 is 0 Å². The van der Waals surface area contributed by atoms with E-state index in [9.17, 15) is 9.50 Å². The third-order valence-electron chi connectivity index (χ3n) is 6.07. The van der Waals surface area contributed by atoms with Crippen LogP contribution in [0.15, 0.2) is 84.2 Å². The van der Waals surface area contributed by atoms with Gasteiger partial charge in [0, 0.05) is 42.8 Å². The molecule has 1 N–H and O–H groups in total. The standard InChI is InChI=1S/C28H30FN3O/c1-5-22(21(3)19-33)17-28(23-6-7-24(18-30)27(29)16-23)31(4)25-8-10-26(11-9-25)32-14-12-20(2)13-15-32/h5-11,16-17,19,33H,2,12-15H2,1,3-4H3/b21-19?,22-5+,28-17-. The molecule has 1 fully saturated rings. The maximum absolute atomic E-state index is 14.5. The van der Waals surface area contributed by atoms with Gasteiger partial charge >= 0.3 is 0 Å². The summed E-state index contributed by atoms with van der Waals surface area (Å²) in [5.41, 5.74) is 6.31. The highest BCUT2D eigenvalue weighted by Gasteiger charge is 2.16. The van der Waals surface area contributed by atoms with E-state index in [1.807, 2.05) is 44.0 Å². The smallest absolute Gasteiger partial charge is 0.141 e. The Morgan fingerprint density at radius 3 is 2.39 bits per heavy atom. The third-order valence-corrected chi connectivity index (χ3v) is 6.07. The number of hydrogen-bond acceptors (Lipinski definition) is 4. The summed E-state index contributed by atoms with van der Waals surface area (Å²) in [7, 11) is 1.92. The minimum atomic E-state index is -0.562. The number of nitrogens with zero attached hydrogens (tertiary/aromatic N) is 3. The van der Waals surface area contributed by atoms with E-state index in [-0.39, 0.29) is 5.56 Å². The number of benzene rings is 2. The lowest BCUT2D eigenvalue weighted by Crippen LogP contribution is -2.30. The van der Waals surface area contributed by atoms with Gasteiger partial charge in [-0.3, -0.25) is 0 Å². The molecule has 2 aromatic carbocycles. The molecule has 0 aromatic heterocycles. The summed E-state index contributed by atoms with van der Waals surface area (Å²) < 4.78 is 14.5. The molecule has 0 radical (unpaired) electrons. The van der Waals surface area contributed by atoms with Crippen LogP contribution in [0.5, 0.6) is 0 Å². The first-order chi connectivity index (χ1) is 15.9. The van der Waals surface area contributed by atoms with Crippen molar-refractivity contribution in [3.8, 4) is 6.07 Å². The lowest BCUT2D eigenvalue weighted by atomic mass is 10.0. The Kier molecular flexibility index (Phi) is 7.74. The molecule has 33 heavy (non-hydrogen) atoms. The number of aliphatic hydroxyl groups excluding tert-OH is 1. The SMILES string of the molecule is C=C1CCN(c2ccc(N(C)/C(=C\C(=C/C)C(C)=CO)c3ccc(C#N)c(F)c3)cc2)CC1. The van der Waals surface area contributed by atoms with Gasteiger partial charge in [-0.05, 0) is 80.3 Å². The van der Waals surface area contributed by atoms with E-state index in [4.69, 9.17) is 5.26 Å². The molecule has 1 heterocycles. The Morgan fingerprint density at radius 2 is 1.85 bits per heavy atom. The predicted octanol–water partition coefficient (Wildman–Crippen LogP) is 6.74. The van der Waals surface area contributed by atoms with Crippen LogP contribution in [0.3, 0.4) is 0 Å². The first kappa shape index (κ1) is 23.9. The van der Waals surface area contributed by atoms with Gasteiger partial charge in [-0.1, -0.05) is 24.3 Å². The van der Waals surface area contributed by atoms with E-state index in [0.717, 1.165) is 49.2 Å². The van der Waals surface area contributed by atoms with E-state index in [1.165, 1.54) is 23.4 Å². The maximum Gasteiger partial charge on any atom is 0.141 e. The zero-order valence-corrected chi connectivity index (χ0v) is 19.5. The Bertz CT molecular complexity index is 1140. The lowest BCUT2D eigenvalue weighted by Gasteiger charge is -2.31. The fourth-order valence-corrected chi connectivity index (χ4v) is 3.89. The highest BCUT2D eigenvalue weighted by atomic mass is 19.1. The topological polar surface area (TPSA) is 50.5 Å². The van der Waals surface area contributed by atoms with Crippen LogP contribution in [0.1, 0.15) is 37.8 Å². The number of rotatable bonds is 6. The minimum Gasteiger partial charge on any atom is -0.515 e. The summed E-state index contributed by atoms with van der Waals surface area (Å²) >= 11 is 0. The number of aliphatic hydroxyl groups is 1. The Balaban J connectivity index is 1.98. The quantitative estimate of drug-likeness (QED) is 0.305. The van der Waals surface area contributed by atoms with E-state index in [1.54, 1.807) is 6.07 Å². The molecule has 0 atom stereocenters. The van der Waals surface area contributed by atoms with Crippen LogP contribution in [0, 0.1) is 17.1 Å². The molecule has 1 aliphatic rings. The maximum atomic E-state index is 14.5. The van der Waals surface area contributed by atoms with Crippen molar-refractivity contribution in [1.82, 2.24) is 0 Å². The largest absolute Gasteiger partial charge is 0.515 e. The normalized spacial score (nSPS) is 15.4. The molecule has 1 saturated heterocycles. The summed E-state index contributed by atoms with van der Waals surface area (Å²) in [6.07, 6.45) is 6.90. The predicted molar refractivity (Wildman–Crippen MR) is 135 cm³/mol. The van der Waals surface area contributed by atoms with Crippen molar-refractivity contribution in [3.05, 3.63) is 101 Å². The first-order valence-electron chi connectivity index (χ1n) is 11.0. The summed E-state index contributed by atoms with van der Waals surface area (Å²) in [5.74, 6) is -0.562. The van der Waals surface area contributed by atoms with Crippen molar-refractivity contribution in [3.63, 3.8) is 0 Å². The minimum absolute atomic E-state index is 0.00649. The molecule has 170 valence electrons. The average Bonchev–Trinajstić information content (AvgIpc) is 2.84. The lowest BCUT2D eigenvalue weighted by molar-refractivity contribution is 0.468. The highest BCUT2D eigenvalue weighted by molar-refractivity contribution is 5.82. The first-order valence-corrected chi connectivity index (χ1v) is 11.0. The molecule has 0 spiro atoms. The van der Waals surface area contributed by atoms with Gasteiger partial charge in [0.2, 0.25) is 0 Å². The monoisotopic (exact) mass is 443 g/mol. The van der Waals surface area contributed by atoms with Crippen LogP contribution in [0.25, 0.3) is 5.70 Å². The van der Waals surface area contributed by atoms with Crippen molar-refractivity contribution in [1.29, 1.82) is 5.26 Å². The van der Waals surface area contributed by atoms with Crippen molar-refractivity contribution in [2.75, 3.05) is 29.9 Å². The summed E-state index contributed by atoms with van der Waals surface area (Å²) in [6, 6.07) is 14.8. The Morgan fingerprint density at radius 1 is 1.18 bits per heavy atom. The van der Waals surface area contributed by atoms with Crippen molar-refractivity contribution >= 4 is 17.1 Å². The molecule has 0 amide bonds. The zero-order valence-electron chi connectivity index (χ0n) is 19.5. The molecule has 1 aliphatic heterocycles. The summed E-state index contributed by atoms with van der Waals surface area (Å²) in [6.45, 7) is 9.73. The van der Waals surface area contributed by atoms with Gasteiger partial charge in [-0.25, -0.2) is 4.39 Å². The molecule has 4 nitrogen and oxygen atoms in total. The van der Waals surface area contributed by atoms with Gasteiger partial charge in [0.1, 0.15) is 11.9 Å². The van der Waals surface area contributed by atoms with Crippen molar-refractivity contribution in [2.45, 2.75) is 26.7 Å². The van der Waals surface area contributed by atoms with Crippen molar-refractivity contribution < 1.29 is 9.50 Å². The van der Waals surface area contributed by atoms with E-state index in [0.29, 0.717) is 11.1 Å². The summed E-state index contributed by atoms with van der Waals surface area (Å²) in [4.78, 5) is 4.34. The highest BCUT2D eigenvalue weighted by Crippen LogP contribution is 2.31. The second kappa shape index (κ2) is 10.7. The van der Waals surface area contributed by atoms with Crippen LogP contribution in [0.2, 0.25) is 0 Å². The number of anilines is 2. The molecule has 2 aromatic rings. The van der Waals surface area contributed by atoms with Gasteiger partial charge in [-0.15, -0.1) is 0 Å². The fourth-order valence-electron chi connectivity index (χ4n) is 3.89. The third kappa shape index (κ3) is 5.53. The number of nitriles is 1. The van der Waals surface area contributed by atoms with Crippen LogP contribution < -0.4 is 9.80 Å². The number of halogens is 1. The molecular formula is C28H30FN3O. The second-order valence-electron chi connectivity index (χ2n) is 8.20. The Labute approximate surface area is 195 Å². The molecule has 5 heteroatoms. The van der Waals surface area contributed by atoms with Crippen LogP contribution in [-0.4, -0.2) is 25.2 Å². The molecule has 3 rings (SSSR count). The number of piperidine rings is 1. The van der Waals surface area contributed by atoms with Gasteiger partial charge in [0.15, 0.2) is 0 Å².